The second-order valence-corrected chi connectivity index (χ2v) is 4.89. The predicted molar refractivity (Wildman–Crippen MR) is 67.9 cm³/mol. The maximum atomic E-state index is 5.81. The summed E-state index contributed by atoms with van der Waals surface area (Å²) in [6.45, 7) is 5.20. The molecule has 17 heavy (non-hydrogen) atoms. The maximum absolute atomic E-state index is 5.81. The molecule has 1 fully saturated rings. The molecule has 4 nitrogen and oxygen atoms in total. The first-order valence-corrected chi connectivity index (χ1v) is 6.58. The standard InChI is InChI=1S/C13H23N3O/c1-4-13(14-3)11-7-15-16(8-11)9-12-6-5-10(2)17-12/h7-8,10,12-14H,4-6,9H2,1-3H3. The van der Waals surface area contributed by atoms with Crippen molar-refractivity contribution < 1.29 is 4.74 Å². The van der Waals surface area contributed by atoms with E-state index in [1.54, 1.807) is 0 Å². The molecule has 0 radical (unpaired) electrons. The van der Waals surface area contributed by atoms with E-state index >= 15 is 0 Å². The van der Waals surface area contributed by atoms with E-state index < -0.39 is 0 Å². The van der Waals surface area contributed by atoms with Crippen LogP contribution < -0.4 is 5.32 Å². The van der Waals surface area contributed by atoms with Crippen LogP contribution in [0.3, 0.4) is 0 Å². The van der Waals surface area contributed by atoms with Crippen LogP contribution in [0.4, 0.5) is 0 Å². The van der Waals surface area contributed by atoms with Crippen molar-refractivity contribution in [2.24, 2.45) is 0 Å². The largest absolute Gasteiger partial charge is 0.373 e. The van der Waals surface area contributed by atoms with Crippen molar-refractivity contribution >= 4 is 0 Å². The summed E-state index contributed by atoms with van der Waals surface area (Å²) in [5.41, 5.74) is 1.26. The Balaban J connectivity index is 1.94. The Labute approximate surface area is 103 Å². The zero-order valence-corrected chi connectivity index (χ0v) is 11.0. The number of rotatable bonds is 5. The molecule has 4 heteroatoms. The van der Waals surface area contributed by atoms with E-state index in [1.165, 1.54) is 12.0 Å². The van der Waals surface area contributed by atoms with Gasteiger partial charge in [-0.15, -0.1) is 0 Å². The van der Waals surface area contributed by atoms with E-state index in [0.717, 1.165) is 19.4 Å². The van der Waals surface area contributed by atoms with Gasteiger partial charge in [-0.05, 0) is 33.2 Å². The molecule has 1 N–H and O–H groups in total. The van der Waals surface area contributed by atoms with Gasteiger partial charge in [0, 0.05) is 17.8 Å². The molecule has 0 saturated carbocycles. The second kappa shape index (κ2) is 5.65. The lowest BCUT2D eigenvalue weighted by Gasteiger charge is -2.12. The Morgan fingerprint density at radius 2 is 2.41 bits per heavy atom. The van der Waals surface area contributed by atoms with Gasteiger partial charge in [0.25, 0.3) is 0 Å². The van der Waals surface area contributed by atoms with E-state index in [-0.39, 0.29) is 0 Å². The lowest BCUT2D eigenvalue weighted by molar-refractivity contribution is 0.0437. The highest BCUT2D eigenvalue weighted by Crippen LogP contribution is 2.21. The zero-order valence-electron chi connectivity index (χ0n) is 11.0. The Kier molecular flexibility index (Phi) is 4.18. The minimum Gasteiger partial charge on any atom is -0.373 e. The second-order valence-electron chi connectivity index (χ2n) is 4.89. The normalized spacial score (nSPS) is 26.3. The molecular weight excluding hydrogens is 214 g/mol. The van der Waals surface area contributed by atoms with Crippen molar-refractivity contribution in [1.82, 2.24) is 15.1 Å². The van der Waals surface area contributed by atoms with E-state index in [4.69, 9.17) is 4.74 Å². The molecule has 1 aliphatic heterocycles. The average molecular weight is 237 g/mol. The molecule has 0 amide bonds. The van der Waals surface area contributed by atoms with Gasteiger partial charge in [-0.1, -0.05) is 6.92 Å². The van der Waals surface area contributed by atoms with Crippen molar-refractivity contribution in [2.45, 2.75) is 57.9 Å². The third-order valence-electron chi connectivity index (χ3n) is 3.52. The fraction of sp³-hybridized carbons (Fsp3) is 0.769. The predicted octanol–water partition coefficient (Wildman–Crippen LogP) is 2.12. The topological polar surface area (TPSA) is 39.1 Å². The third-order valence-corrected chi connectivity index (χ3v) is 3.52. The number of aromatic nitrogens is 2. The lowest BCUT2D eigenvalue weighted by atomic mass is 10.1. The summed E-state index contributed by atoms with van der Waals surface area (Å²) in [5, 5.41) is 7.72. The quantitative estimate of drug-likeness (QED) is 0.852. The molecule has 2 rings (SSSR count). The van der Waals surface area contributed by atoms with Gasteiger partial charge in [0.05, 0.1) is 24.9 Å². The average Bonchev–Trinajstić information content (AvgIpc) is 2.91. The first-order chi connectivity index (χ1) is 8.22. The maximum Gasteiger partial charge on any atom is 0.0775 e. The number of nitrogens with one attached hydrogen (secondary N) is 1. The summed E-state index contributed by atoms with van der Waals surface area (Å²) in [4.78, 5) is 0. The molecule has 0 bridgehead atoms. The summed E-state index contributed by atoms with van der Waals surface area (Å²) >= 11 is 0. The molecule has 0 aliphatic carbocycles. The molecule has 3 unspecified atom stereocenters. The van der Waals surface area contributed by atoms with Crippen LogP contribution in [0, 0.1) is 0 Å². The third kappa shape index (κ3) is 3.07. The zero-order chi connectivity index (χ0) is 12.3. The van der Waals surface area contributed by atoms with Crippen LogP contribution in [0.2, 0.25) is 0 Å². The van der Waals surface area contributed by atoms with Crippen molar-refractivity contribution in [2.75, 3.05) is 7.05 Å². The SMILES string of the molecule is CCC(NC)c1cnn(CC2CCC(C)O2)c1. The molecule has 96 valence electrons. The Morgan fingerprint density at radius 3 is 3.00 bits per heavy atom. The van der Waals surface area contributed by atoms with Crippen molar-refractivity contribution in [3.8, 4) is 0 Å². The Morgan fingerprint density at radius 1 is 1.59 bits per heavy atom. The van der Waals surface area contributed by atoms with Crippen LogP contribution in [0.1, 0.15) is 44.7 Å². The van der Waals surface area contributed by atoms with Gasteiger partial charge in [-0.25, -0.2) is 0 Å². The van der Waals surface area contributed by atoms with Gasteiger partial charge >= 0.3 is 0 Å². The highest BCUT2D eigenvalue weighted by atomic mass is 16.5. The van der Waals surface area contributed by atoms with Gasteiger partial charge in [0.2, 0.25) is 0 Å². The fourth-order valence-corrected chi connectivity index (χ4v) is 2.49. The molecule has 1 aromatic heterocycles. The van der Waals surface area contributed by atoms with E-state index in [1.807, 2.05) is 17.9 Å². The summed E-state index contributed by atoms with van der Waals surface area (Å²) in [6, 6.07) is 0.409. The highest BCUT2D eigenvalue weighted by Gasteiger charge is 2.22. The van der Waals surface area contributed by atoms with Crippen LogP contribution in [-0.2, 0) is 11.3 Å². The first-order valence-electron chi connectivity index (χ1n) is 6.58. The molecule has 1 aliphatic rings. The van der Waals surface area contributed by atoms with Gasteiger partial charge in [0.1, 0.15) is 0 Å². The van der Waals surface area contributed by atoms with Crippen LogP contribution in [-0.4, -0.2) is 29.0 Å². The highest BCUT2D eigenvalue weighted by molar-refractivity contribution is 5.09. The smallest absolute Gasteiger partial charge is 0.0775 e. The van der Waals surface area contributed by atoms with Crippen LogP contribution in [0.15, 0.2) is 12.4 Å². The summed E-state index contributed by atoms with van der Waals surface area (Å²) in [6.07, 6.45) is 8.26. The first kappa shape index (κ1) is 12.6. The van der Waals surface area contributed by atoms with E-state index in [2.05, 4.69) is 30.5 Å². The summed E-state index contributed by atoms with van der Waals surface area (Å²) < 4.78 is 7.82. The van der Waals surface area contributed by atoms with Crippen LogP contribution in [0.5, 0.6) is 0 Å². The summed E-state index contributed by atoms with van der Waals surface area (Å²) in [7, 11) is 1.99. The van der Waals surface area contributed by atoms with Crippen molar-refractivity contribution in [3.63, 3.8) is 0 Å². The molecule has 1 aromatic rings. The number of ether oxygens (including phenoxy) is 1. The minimum absolute atomic E-state index is 0.340. The fourth-order valence-electron chi connectivity index (χ4n) is 2.49. The van der Waals surface area contributed by atoms with Gasteiger partial charge in [0.15, 0.2) is 0 Å². The lowest BCUT2D eigenvalue weighted by Crippen LogP contribution is -2.17. The number of nitrogens with zero attached hydrogens (tertiary/aromatic N) is 2. The Hall–Kier alpha value is -0.870. The van der Waals surface area contributed by atoms with Crippen LogP contribution >= 0.6 is 0 Å². The number of hydrogen-bond donors (Lipinski definition) is 1. The molecule has 1 saturated heterocycles. The molecular formula is C13H23N3O. The molecule has 0 spiro atoms. The Bertz CT molecular complexity index is 346. The molecule has 0 aromatic carbocycles. The van der Waals surface area contributed by atoms with Crippen LogP contribution in [0.25, 0.3) is 0 Å². The minimum atomic E-state index is 0.340. The number of hydrogen-bond acceptors (Lipinski definition) is 3. The monoisotopic (exact) mass is 237 g/mol. The van der Waals surface area contributed by atoms with Crippen molar-refractivity contribution in [1.29, 1.82) is 0 Å². The van der Waals surface area contributed by atoms with E-state index in [0.29, 0.717) is 18.2 Å². The summed E-state index contributed by atoms with van der Waals surface area (Å²) in [5.74, 6) is 0. The van der Waals surface area contributed by atoms with Gasteiger partial charge in [-0.2, -0.15) is 5.10 Å². The molecule has 2 heterocycles. The molecule has 3 atom stereocenters. The van der Waals surface area contributed by atoms with E-state index in [9.17, 15) is 0 Å². The van der Waals surface area contributed by atoms with Gasteiger partial charge < -0.3 is 10.1 Å². The van der Waals surface area contributed by atoms with Gasteiger partial charge in [-0.3, -0.25) is 4.68 Å². The van der Waals surface area contributed by atoms with Crippen molar-refractivity contribution in [3.05, 3.63) is 18.0 Å².